The molecule has 0 aliphatic rings. The molecular formula is C7H8O6P2S+2. The SMILES string of the molecule is O=[P+](O)O[P+](=O)OCSc1ccc(O)cc1. The molecule has 1 rings (SSSR count). The minimum atomic E-state index is -2.92. The molecule has 0 aliphatic carbocycles. The Hall–Kier alpha value is -0.550. The highest BCUT2D eigenvalue weighted by Crippen LogP contribution is 2.37. The lowest BCUT2D eigenvalue weighted by molar-refractivity contribution is 0.322. The number of hydrogen-bond donors (Lipinski definition) is 2. The van der Waals surface area contributed by atoms with E-state index in [1.165, 1.54) is 23.9 Å². The first-order chi connectivity index (χ1) is 7.58. The van der Waals surface area contributed by atoms with Crippen molar-refractivity contribution in [2.24, 2.45) is 0 Å². The van der Waals surface area contributed by atoms with Crippen molar-refractivity contribution in [1.29, 1.82) is 0 Å². The summed E-state index contributed by atoms with van der Waals surface area (Å²) < 4.78 is 29.5. The lowest BCUT2D eigenvalue weighted by Crippen LogP contribution is -1.80. The zero-order chi connectivity index (χ0) is 12.0. The molecule has 1 aromatic rings. The Balaban J connectivity index is 2.28. The second kappa shape index (κ2) is 6.91. The van der Waals surface area contributed by atoms with Crippen LogP contribution in [0, 0.1) is 0 Å². The number of benzene rings is 1. The van der Waals surface area contributed by atoms with Gasteiger partial charge in [-0.2, -0.15) is 0 Å². The number of thioether (sulfide) groups is 1. The molecule has 0 spiro atoms. The summed E-state index contributed by atoms with van der Waals surface area (Å²) in [4.78, 5) is 9.06. The van der Waals surface area contributed by atoms with E-state index in [-0.39, 0.29) is 11.7 Å². The van der Waals surface area contributed by atoms with Gasteiger partial charge in [0, 0.05) is 14.0 Å². The number of rotatable bonds is 6. The summed E-state index contributed by atoms with van der Waals surface area (Å²) in [5.74, 6) is 0.167. The second-order valence-corrected chi connectivity index (χ2v) is 5.26. The molecule has 2 N–H and O–H groups in total. The normalized spacial score (nSPS) is 12.3. The van der Waals surface area contributed by atoms with Crippen LogP contribution in [0.25, 0.3) is 0 Å². The Morgan fingerprint density at radius 1 is 1.25 bits per heavy atom. The number of phenols is 1. The maximum absolute atomic E-state index is 10.8. The maximum Gasteiger partial charge on any atom is 0.748 e. The number of aromatic hydroxyl groups is 1. The molecular weight excluding hydrogens is 274 g/mol. The van der Waals surface area contributed by atoms with Crippen molar-refractivity contribution in [3.8, 4) is 5.75 Å². The van der Waals surface area contributed by atoms with Gasteiger partial charge in [0.2, 0.25) is 0 Å². The largest absolute Gasteiger partial charge is 0.748 e. The second-order valence-electron chi connectivity index (χ2n) is 2.43. The zero-order valence-corrected chi connectivity index (χ0v) is 10.5. The summed E-state index contributed by atoms with van der Waals surface area (Å²) in [5.41, 5.74) is 0. The van der Waals surface area contributed by atoms with Crippen LogP contribution >= 0.6 is 28.3 Å². The molecule has 0 amide bonds. The molecule has 16 heavy (non-hydrogen) atoms. The molecule has 0 aliphatic heterocycles. The summed E-state index contributed by atoms with van der Waals surface area (Å²) in [7, 11) is -5.49. The van der Waals surface area contributed by atoms with Gasteiger partial charge < -0.3 is 5.11 Å². The molecule has 0 aromatic heterocycles. The van der Waals surface area contributed by atoms with E-state index in [1.807, 2.05) is 0 Å². The van der Waals surface area contributed by atoms with Gasteiger partial charge in [-0.25, -0.2) is 0 Å². The van der Waals surface area contributed by atoms with Crippen molar-refractivity contribution in [3.05, 3.63) is 24.3 Å². The molecule has 2 atom stereocenters. The van der Waals surface area contributed by atoms with Crippen molar-refractivity contribution in [3.63, 3.8) is 0 Å². The van der Waals surface area contributed by atoms with Gasteiger partial charge in [-0.05, 0) is 24.3 Å². The van der Waals surface area contributed by atoms with E-state index in [9.17, 15) is 9.13 Å². The highest BCUT2D eigenvalue weighted by atomic mass is 32.2. The van der Waals surface area contributed by atoms with Gasteiger partial charge in [-0.15, -0.1) is 9.42 Å². The molecule has 0 saturated heterocycles. The molecule has 0 fully saturated rings. The van der Waals surface area contributed by atoms with Gasteiger partial charge >= 0.3 is 16.5 Å². The van der Waals surface area contributed by atoms with Gasteiger partial charge in [0.1, 0.15) is 5.75 Å². The van der Waals surface area contributed by atoms with Crippen LogP contribution in [0.15, 0.2) is 29.2 Å². The fraction of sp³-hybridized carbons (Fsp3) is 0.143. The number of phenolic OH excluding ortho intramolecular Hbond substituents is 1. The molecule has 9 heteroatoms. The molecule has 6 nitrogen and oxygen atoms in total. The predicted octanol–water partition coefficient (Wildman–Crippen LogP) is 2.78. The van der Waals surface area contributed by atoms with Gasteiger partial charge in [0.05, 0.1) is 0 Å². The highest BCUT2D eigenvalue weighted by molar-refractivity contribution is 7.99. The average molecular weight is 282 g/mol. The Labute approximate surface area is 97.5 Å². The molecule has 0 saturated carbocycles. The topological polar surface area (TPSA) is 93.1 Å². The summed E-state index contributed by atoms with van der Waals surface area (Å²) >= 11 is 1.21. The zero-order valence-electron chi connectivity index (χ0n) is 7.85. The highest BCUT2D eigenvalue weighted by Gasteiger charge is 2.36. The first kappa shape index (κ1) is 13.5. The van der Waals surface area contributed by atoms with Crippen LogP contribution in [0.1, 0.15) is 0 Å². The summed E-state index contributed by atoms with van der Waals surface area (Å²) in [6.45, 7) is 0. The number of hydrogen-bond acceptors (Lipinski definition) is 6. The lowest BCUT2D eigenvalue weighted by Gasteiger charge is -1.96. The van der Waals surface area contributed by atoms with Crippen LogP contribution in [0.2, 0.25) is 0 Å². The summed E-state index contributed by atoms with van der Waals surface area (Å²) in [5, 5.41) is 9.00. The van der Waals surface area contributed by atoms with Crippen LogP contribution < -0.4 is 0 Å². The smallest absolute Gasteiger partial charge is 0.508 e. The fourth-order valence-electron chi connectivity index (χ4n) is 0.760. The molecule has 0 radical (unpaired) electrons. The molecule has 0 bridgehead atoms. The third kappa shape index (κ3) is 5.51. The Kier molecular flexibility index (Phi) is 5.84. The van der Waals surface area contributed by atoms with Crippen LogP contribution in [-0.4, -0.2) is 15.9 Å². The van der Waals surface area contributed by atoms with Gasteiger partial charge in [-0.1, -0.05) is 11.8 Å². The van der Waals surface area contributed by atoms with Crippen molar-refractivity contribution >= 4 is 28.3 Å². The van der Waals surface area contributed by atoms with Gasteiger partial charge in [0.25, 0.3) is 0 Å². The van der Waals surface area contributed by atoms with Crippen molar-refractivity contribution < 1.29 is 28.0 Å². The third-order valence-corrected chi connectivity index (χ3v) is 3.80. The minimum absolute atomic E-state index is 0.0170. The summed E-state index contributed by atoms with van der Waals surface area (Å²) in [6, 6.07) is 6.32. The van der Waals surface area contributed by atoms with Gasteiger partial charge in [-0.3, -0.25) is 0 Å². The van der Waals surface area contributed by atoms with Gasteiger partial charge in [0.15, 0.2) is 10.2 Å². The molecule has 2 unspecified atom stereocenters. The van der Waals surface area contributed by atoms with Crippen LogP contribution in [0.3, 0.4) is 0 Å². The summed E-state index contributed by atoms with van der Waals surface area (Å²) in [6.07, 6.45) is 0. The Morgan fingerprint density at radius 3 is 2.44 bits per heavy atom. The van der Waals surface area contributed by atoms with E-state index in [0.717, 1.165) is 4.90 Å². The van der Waals surface area contributed by atoms with E-state index >= 15 is 0 Å². The first-order valence-corrected chi connectivity index (χ1v) is 7.15. The predicted molar refractivity (Wildman–Crippen MR) is 58.4 cm³/mol. The van der Waals surface area contributed by atoms with E-state index in [0.29, 0.717) is 0 Å². The maximum atomic E-state index is 10.8. The monoisotopic (exact) mass is 282 g/mol. The van der Waals surface area contributed by atoms with E-state index in [1.54, 1.807) is 12.1 Å². The average Bonchev–Trinajstić information content (AvgIpc) is 2.20. The van der Waals surface area contributed by atoms with E-state index < -0.39 is 16.5 Å². The Bertz CT molecular complexity index is 381. The van der Waals surface area contributed by atoms with Crippen LogP contribution in [0.5, 0.6) is 5.75 Å². The first-order valence-electron chi connectivity index (χ1n) is 3.94. The lowest BCUT2D eigenvalue weighted by atomic mass is 10.3. The molecule has 1 aromatic carbocycles. The van der Waals surface area contributed by atoms with E-state index in [4.69, 9.17) is 10.00 Å². The van der Waals surface area contributed by atoms with Crippen molar-refractivity contribution in [2.45, 2.75) is 4.90 Å². The standard InChI is InChI=1S/C7H6O6P2S/c8-6-1-3-7(4-2-6)16-5-12-15(11)13-14(9)10/h1-4H,5H2/p+2. The van der Waals surface area contributed by atoms with Crippen LogP contribution in [0.4, 0.5) is 0 Å². The van der Waals surface area contributed by atoms with E-state index in [2.05, 4.69) is 8.83 Å². The molecule has 0 heterocycles. The Morgan fingerprint density at radius 2 is 1.88 bits per heavy atom. The fourth-order valence-corrected chi connectivity index (χ4v) is 2.42. The molecule has 86 valence electrons. The van der Waals surface area contributed by atoms with Crippen molar-refractivity contribution in [1.82, 2.24) is 0 Å². The van der Waals surface area contributed by atoms with Crippen molar-refractivity contribution in [2.75, 3.05) is 5.94 Å². The van der Waals surface area contributed by atoms with Crippen LogP contribution in [-0.2, 0) is 18.0 Å². The quantitative estimate of drug-likeness (QED) is 0.470. The third-order valence-electron chi connectivity index (χ3n) is 1.36. The minimum Gasteiger partial charge on any atom is -0.508 e.